The van der Waals surface area contributed by atoms with Crippen molar-refractivity contribution in [2.75, 3.05) is 28.7 Å². The summed E-state index contributed by atoms with van der Waals surface area (Å²) >= 11 is 0. The van der Waals surface area contributed by atoms with Crippen LogP contribution in [0.15, 0.2) is 51.0 Å². The van der Waals surface area contributed by atoms with E-state index >= 15 is 0 Å². The molecule has 1 aliphatic rings. The molecule has 3 heterocycles. The van der Waals surface area contributed by atoms with Gasteiger partial charge in [-0.3, -0.25) is 18.4 Å². The van der Waals surface area contributed by atoms with E-state index in [0.29, 0.717) is 18.9 Å². The molecule has 1 aliphatic heterocycles. The lowest BCUT2D eigenvalue weighted by Crippen LogP contribution is -2.50. The first-order valence-corrected chi connectivity index (χ1v) is 14.2. The van der Waals surface area contributed by atoms with Gasteiger partial charge in [-0.2, -0.15) is 0 Å². The lowest BCUT2D eigenvalue weighted by atomic mass is 10.1. The molecule has 2 aromatic heterocycles. The number of fused-ring (bicyclic) bond motifs is 2. The highest BCUT2D eigenvalue weighted by Gasteiger charge is 2.30. The van der Waals surface area contributed by atoms with Crippen LogP contribution in [0.2, 0.25) is 0 Å². The van der Waals surface area contributed by atoms with Crippen LogP contribution in [0.25, 0.3) is 11.2 Å². The topological polar surface area (TPSA) is 127 Å². The third-order valence-corrected chi connectivity index (χ3v) is 8.78. The smallest absolute Gasteiger partial charge is 0.278 e. The number of nitrogens with one attached hydrogen (secondary N) is 1. The van der Waals surface area contributed by atoms with E-state index in [1.165, 1.54) is 34.4 Å². The molecule has 34 heavy (non-hydrogen) atoms. The largest absolute Gasteiger partial charge is 0.356 e. The summed E-state index contributed by atoms with van der Waals surface area (Å²) in [4.78, 5) is 26.5. The minimum absolute atomic E-state index is 0.00807. The monoisotopic (exact) mass is 506 g/mol. The normalized spacial score (nSPS) is 17.0. The van der Waals surface area contributed by atoms with Gasteiger partial charge in [0, 0.05) is 25.5 Å². The molecular formula is C22H26N4O6S2. The molecule has 12 heteroatoms. The first kappa shape index (κ1) is 24.0. The second-order valence-electron chi connectivity index (χ2n) is 8.83. The molecule has 0 atom stereocenters. The molecule has 3 aromatic rings. The van der Waals surface area contributed by atoms with Gasteiger partial charge in [0.1, 0.15) is 10.7 Å². The Morgan fingerprint density at radius 1 is 1.18 bits per heavy atom. The Morgan fingerprint density at radius 2 is 1.88 bits per heavy atom. The van der Waals surface area contributed by atoms with Gasteiger partial charge in [-0.1, -0.05) is 13.8 Å². The number of sulfonamides is 1. The van der Waals surface area contributed by atoms with Crippen LogP contribution >= 0.6 is 0 Å². The molecule has 0 fully saturated rings. The van der Waals surface area contributed by atoms with Crippen molar-refractivity contribution in [3.05, 3.63) is 62.3 Å². The van der Waals surface area contributed by atoms with Crippen molar-refractivity contribution in [3.63, 3.8) is 0 Å². The first-order chi connectivity index (χ1) is 15.8. The Kier molecular flexibility index (Phi) is 5.85. The lowest BCUT2D eigenvalue weighted by Gasteiger charge is -2.24. The van der Waals surface area contributed by atoms with Crippen LogP contribution in [-0.2, 0) is 26.4 Å². The molecule has 0 unspecified atom stereocenters. The predicted octanol–water partition coefficient (Wildman–Crippen LogP) is 0.630. The van der Waals surface area contributed by atoms with Gasteiger partial charge in [0.2, 0.25) is 15.5 Å². The van der Waals surface area contributed by atoms with Crippen LogP contribution in [0.1, 0.15) is 20.3 Å². The molecule has 0 aliphatic carbocycles. The highest BCUT2D eigenvalue weighted by molar-refractivity contribution is 7.92. The van der Waals surface area contributed by atoms with E-state index in [1.54, 1.807) is 18.3 Å². The summed E-state index contributed by atoms with van der Waals surface area (Å²) in [7, 11) is -6.23. The summed E-state index contributed by atoms with van der Waals surface area (Å²) in [5, 5.41) is 2.74. The van der Waals surface area contributed by atoms with Gasteiger partial charge in [0.05, 0.1) is 28.3 Å². The Bertz CT molecular complexity index is 1690. The van der Waals surface area contributed by atoms with Crippen LogP contribution in [0.4, 0.5) is 11.4 Å². The number of hydrogen-bond acceptors (Lipinski definition) is 7. The van der Waals surface area contributed by atoms with Crippen LogP contribution < -0.4 is 25.8 Å². The predicted molar refractivity (Wildman–Crippen MR) is 131 cm³/mol. The maximum atomic E-state index is 13.4. The Balaban J connectivity index is 1.95. The number of rotatable bonds is 5. The molecule has 0 saturated carbocycles. The first-order valence-electron chi connectivity index (χ1n) is 10.7. The van der Waals surface area contributed by atoms with Gasteiger partial charge in [-0.15, -0.1) is 0 Å². The zero-order chi connectivity index (χ0) is 25.0. The van der Waals surface area contributed by atoms with Crippen molar-refractivity contribution >= 4 is 42.4 Å². The minimum Gasteiger partial charge on any atom is -0.356 e. The second-order valence-corrected chi connectivity index (χ2v) is 12.8. The SMILES string of the molecule is CC(C)CCn1c(=O)/c(=C2/CS(=O)(=O)c3cc(N(C)S(C)(=O)=O)ccc3N2)c(=O)c2cccn21. The summed E-state index contributed by atoms with van der Waals surface area (Å²) < 4.78 is 54.0. The molecule has 0 spiro atoms. The van der Waals surface area contributed by atoms with Gasteiger partial charge in [0.15, 0.2) is 9.84 Å². The number of benzene rings is 1. The molecule has 182 valence electrons. The highest BCUT2D eigenvalue weighted by Crippen LogP contribution is 2.33. The summed E-state index contributed by atoms with van der Waals surface area (Å²) in [5.74, 6) is -0.266. The Labute approximate surface area is 197 Å². The fraction of sp³-hybridized carbons (Fsp3) is 0.364. The maximum Gasteiger partial charge on any atom is 0.278 e. The van der Waals surface area contributed by atoms with Gasteiger partial charge < -0.3 is 5.32 Å². The quantitative estimate of drug-likeness (QED) is 0.538. The van der Waals surface area contributed by atoms with E-state index < -0.39 is 36.6 Å². The fourth-order valence-corrected chi connectivity index (χ4v) is 5.93. The zero-order valence-corrected chi connectivity index (χ0v) is 20.9. The molecule has 0 saturated heterocycles. The fourth-order valence-electron chi connectivity index (χ4n) is 3.93. The molecule has 0 radical (unpaired) electrons. The van der Waals surface area contributed by atoms with E-state index in [1.807, 2.05) is 13.8 Å². The van der Waals surface area contributed by atoms with Gasteiger partial charge >= 0.3 is 0 Å². The van der Waals surface area contributed by atoms with Crippen LogP contribution in [0.3, 0.4) is 0 Å². The van der Waals surface area contributed by atoms with Crippen molar-refractivity contribution in [2.24, 2.45) is 5.92 Å². The van der Waals surface area contributed by atoms with Crippen molar-refractivity contribution in [1.29, 1.82) is 0 Å². The average Bonchev–Trinajstić information content (AvgIpc) is 3.22. The molecule has 0 bridgehead atoms. The number of anilines is 2. The average molecular weight is 507 g/mol. The van der Waals surface area contributed by atoms with Crippen molar-refractivity contribution < 1.29 is 16.8 Å². The Hall–Kier alpha value is -3.12. The van der Waals surface area contributed by atoms with E-state index in [-0.39, 0.29) is 32.7 Å². The second kappa shape index (κ2) is 8.27. The number of hydrogen-bond donors (Lipinski definition) is 1. The van der Waals surface area contributed by atoms with E-state index in [9.17, 15) is 26.4 Å². The summed E-state index contributed by atoms with van der Waals surface area (Å²) in [6.45, 7) is 4.42. The molecule has 0 amide bonds. The summed E-state index contributed by atoms with van der Waals surface area (Å²) in [5.41, 5.74) is -0.469. The number of nitrogens with zero attached hydrogens (tertiary/aromatic N) is 3. The molecule has 10 nitrogen and oxygen atoms in total. The number of aromatic nitrogens is 2. The van der Waals surface area contributed by atoms with Crippen LogP contribution in [-0.4, -0.2) is 45.1 Å². The summed E-state index contributed by atoms with van der Waals surface area (Å²) in [6, 6.07) is 7.42. The van der Waals surface area contributed by atoms with E-state index in [0.717, 1.165) is 10.6 Å². The molecule has 1 N–H and O–H groups in total. The number of aryl methyl sites for hydroxylation is 1. The Morgan fingerprint density at radius 3 is 2.53 bits per heavy atom. The van der Waals surface area contributed by atoms with Crippen LogP contribution in [0, 0.1) is 5.92 Å². The van der Waals surface area contributed by atoms with Gasteiger partial charge in [-0.25, -0.2) is 21.5 Å². The van der Waals surface area contributed by atoms with Gasteiger partial charge in [-0.05, 0) is 42.7 Å². The zero-order valence-electron chi connectivity index (χ0n) is 19.3. The summed E-state index contributed by atoms with van der Waals surface area (Å²) in [6.07, 6.45) is 3.35. The maximum absolute atomic E-state index is 13.4. The number of sulfone groups is 1. The van der Waals surface area contributed by atoms with E-state index in [4.69, 9.17) is 0 Å². The standard InChI is InChI=1S/C22H26N4O6S2/c1-14(2)9-11-26-22(28)20(21(27)18-6-5-10-25(18)26)17-13-34(31,32)19-12-15(7-8-16(19)23-17)24(3)33(4,29)30/h5-8,10,12,14,23H,9,11,13H2,1-4H3/b20-17-. The third-order valence-electron chi connectivity index (χ3n) is 5.90. The highest BCUT2D eigenvalue weighted by atomic mass is 32.2. The molecular weight excluding hydrogens is 480 g/mol. The van der Waals surface area contributed by atoms with Crippen LogP contribution in [0.5, 0.6) is 0 Å². The van der Waals surface area contributed by atoms with E-state index in [2.05, 4.69) is 5.32 Å². The van der Waals surface area contributed by atoms with Crippen molar-refractivity contribution in [3.8, 4) is 0 Å². The third kappa shape index (κ3) is 4.11. The molecule has 1 aromatic carbocycles. The minimum atomic E-state index is -3.97. The van der Waals surface area contributed by atoms with Gasteiger partial charge in [0.25, 0.3) is 5.56 Å². The van der Waals surface area contributed by atoms with Crippen molar-refractivity contribution in [1.82, 2.24) is 9.20 Å². The van der Waals surface area contributed by atoms with Crippen molar-refractivity contribution in [2.45, 2.75) is 31.7 Å². The molecule has 4 rings (SSSR count). The lowest BCUT2D eigenvalue weighted by molar-refractivity contribution is 0.455.